The summed E-state index contributed by atoms with van der Waals surface area (Å²) in [6, 6.07) is 0. The summed E-state index contributed by atoms with van der Waals surface area (Å²) in [5, 5.41) is 19.4. The van der Waals surface area contributed by atoms with Gasteiger partial charge < -0.3 is 9.13 Å². The van der Waals surface area contributed by atoms with E-state index in [9.17, 15) is 0 Å². The molecule has 0 amide bonds. The van der Waals surface area contributed by atoms with E-state index in [-0.39, 0.29) is 17.0 Å². The highest BCUT2D eigenvalue weighted by Gasteiger charge is 1.97. The van der Waals surface area contributed by atoms with Crippen molar-refractivity contribution < 1.29 is 0 Å². The number of hydrogen-bond donors (Lipinski definition) is 2. The molecule has 2 rings (SSSR count). The number of hydrogen-bond acceptors (Lipinski definition) is 4. The van der Waals surface area contributed by atoms with Crippen molar-refractivity contribution in [2.75, 3.05) is 0 Å². The number of rotatable bonds is 13. The third-order valence-corrected chi connectivity index (χ3v) is 5.84. The summed E-state index contributed by atoms with van der Waals surface area (Å²) in [5.41, 5.74) is 0. The molecule has 2 N–H and O–H groups in total. The number of nitrogens with one attached hydrogen (secondary N) is 2. The number of aryl methyl sites for hydroxylation is 2. The Bertz CT molecular complexity index is 612. The van der Waals surface area contributed by atoms with Crippen LogP contribution in [0.5, 0.6) is 0 Å². The Hall–Kier alpha value is -0.660. The van der Waals surface area contributed by atoms with Crippen LogP contribution in [0.15, 0.2) is 23.2 Å². The van der Waals surface area contributed by atoms with Gasteiger partial charge in [-0.3, -0.25) is 10.8 Å². The van der Waals surface area contributed by atoms with Gasteiger partial charge in [-0.2, -0.15) is 0 Å². The lowest BCUT2D eigenvalue weighted by Gasteiger charge is -2.04. The van der Waals surface area contributed by atoms with E-state index in [0.29, 0.717) is 9.60 Å². The minimum Gasteiger partial charge on any atom is -0.324 e. The molecule has 0 radical (unpaired) electrons. The zero-order valence-electron chi connectivity index (χ0n) is 14.9. The standard InChI is InChI=1S/C18H30N4S2.BrH/c19-17-21(13-15-23-17)11-9-7-5-3-1-2-4-6-8-10-12-22-14-16-24-18(22)20;/h13-16,19-20H,1-12H2;1H. The molecule has 25 heavy (non-hydrogen) atoms. The van der Waals surface area contributed by atoms with Crippen LogP contribution in [0, 0.1) is 10.8 Å². The Labute approximate surface area is 169 Å². The normalized spacial score (nSPS) is 10.7. The summed E-state index contributed by atoms with van der Waals surface area (Å²) in [4.78, 5) is 1.35. The summed E-state index contributed by atoms with van der Waals surface area (Å²) >= 11 is 3.01. The molecule has 7 heteroatoms. The molecule has 0 aliphatic rings. The zero-order chi connectivity index (χ0) is 17.0. The fourth-order valence-electron chi connectivity index (χ4n) is 2.94. The topological polar surface area (TPSA) is 57.6 Å². The fourth-order valence-corrected chi connectivity index (χ4v) is 4.19. The highest BCUT2D eigenvalue weighted by atomic mass is 79.9. The van der Waals surface area contributed by atoms with Crippen LogP contribution in [0.1, 0.15) is 64.2 Å². The SMILES string of the molecule is Br.N=c1sccn1CCCCCCCCCCCCn1ccsc1=N. The second kappa shape index (κ2) is 13.5. The quantitative estimate of drug-likeness (QED) is 0.378. The molecule has 0 atom stereocenters. The lowest BCUT2D eigenvalue weighted by molar-refractivity contribution is 0.517. The molecule has 0 saturated heterocycles. The minimum atomic E-state index is 0. The van der Waals surface area contributed by atoms with Crippen molar-refractivity contribution in [3.63, 3.8) is 0 Å². The van der Waals surface area contributed by atoms with Gasteiger partial charge in [0.2, 0.25) is 0 Å². The molecule has 0 aliphatic heterocycles. The number of nitrogens with zero attached hydrogens (tertiary/aromatic N) is 2. The molecule has 0 bridgehead atoms. The Morgan fingerprint density at radius 1 is 0.600 bits per heavy atom. The van der Waals surface area contributed by atoms with Crippen molar-refractivity contribution in [3.05, 3.63) is 32.8 Å². The third-order valence-electron chi connectivity index (χ3n) is 4.41. The largest absolute Gasteiger partial charge is 0.324 e. The van der Waals surface area contributed by atoms with Gasteiger partial charge in [0.25, 0.3) is 0 Å². The van der Waals surface area contributed by atoms with Gasteiger partial charge in [0.1, 0.15) is 0 Å². The molecule has 0 aliphatic carbocycles. The van der Waals surface area contributed by atoms with E-state index in [1.165, 1.54) is 86.9 Å². The highest BCUT2D eigenvalue weighted by molar-refractivity contribution is 8.93. The van der Waals surface area contributed by atoms with Crippen molar-refractivity contribution in [2.45, 2.75) is 77.3 Å². The van der Waals surface area contributed by atoms with Gasteiger partial charge in [0.15, 0.2) is 9.60 Å². The van der Waals surface area contributed by atoms with Crippen LogP contribution >= 0.6 is 39.7 Å². The molecule has 0 aromatic carbocycles. The Kier molecular flexibility index (Phi) is 12.1. The van der Waals surface area contributed by atoms with Gasteiger partial charge in [0, 0.05) is 36.2 Å². The van der Waals surface area contributed by atoms with Gasteiger partial charge in [-0.15, -0.1) is 39.7 Å². The van der Waals surface area contributed by atoms with E-state index in [1.54, 1.807) is 0 Å². The fraction of sp³-hybridized carbons (Fsp3) is 0.667. The predicted octanol–water partition coefficient (Wildman–Crippen LogP) is 5.55. The lowest BCUT2D eigenvalue weighted by Crippen LogP contribution is -2.11. The van der Waals surface area contributed by atoms with Gasteiger partial charge in [-0.25, -0.2) is 0 Å². The van der Waals surface area contributed by atoms with E-state index in [4.69, 9.17) is 10.8 Å². The first kappa shape index (κ1) is 22.4. The van der Waals surface area contributed by atoms with Gasteiger partial charge in [-0.05, 0) is 12.8 Å². The second-order valence-corrected chi connectivity index (χ2v) is 8.13. The molecule has 142 valence electrons. The van der Waals surface area contributed by atoms with Crippen LogP contribution in [0.25, 0.3) is 0 Å². The summed E-state index contributed by atoms with van der Waals surface area (Å²) in [5.74, 6) is 0. The summed E-state index contributed by atoms with van der Waals surface area (Å²) in [7, 11) is 0. The van der Waals surface area contributed by atoms with Crippen LogP contribution in [0.4, 0.5) is 0 Å². The van der Waals surface area contributed by atoms with E-state index in [0.717, 1.165) is 13.1 Å². The first-order valence-electron chi connectivity index (χ1n) is 9.14. The summed E-state index contributed by atoms with van der Waals surface area (Å²) in [6.45, 7) is 2.01. The van der Waals surface area contributed by atoms with Crippen LogP contribution in [0.3, 0.4) is 0 Å². The van der Waals surface area contributed by atoms with E-state index in [2.05, 4.69) is 0 Å². The number of thiazole rings is 2. The van der Waals surface area contributed by atoms with Gasteiger partial charge >= 0.3 is 0 Å². The van der Waals surface area contributed by atoms with E-state index in [1.807, 2.05) is 32.3 Å². The van der Waals surface area contributed by atoms with Crippen molar-refractivity contribution in [1.29, 1.82) is 10.8 Å². The average Bonchev–Trinajstić information content (AvgIpc) is 3.17. The van der Waals surface area contributed by atoms with Crippen LogP contribution in [-0.4, -0.2) is 9.13 Å². The molecule has 0 saturated carbocycles. The van der Waals surface area contributed by atoms with Crippen molar-refractivity contribution in [1.82, 2.24) is 9.13 Å². The predicted molar refractivity (Wildman–Crippen MR) is 113 cm³/mol. The Morgan fingerprint density at radius 2 is 0.920 bits per heavy atom. The molecule has 4 nitrogen and oxygen atoms in total. The summed E-state index contributed by atoms with van der Waals surface area (Å²) < 4.78 is 4.09. The number of unbranched alkanes of at least 4 members (excludes halogenated alkanes) is 9. The van der Waals surface area contributed by atoms with E-state index < -0.39 is 0 Å². The Morgan fingerprint density at radius 3 is 1.20 bits per heavy atom. The van der Waals surface area contributed by atoms with E-state index >= 15 is 0 Å². The molecule has 0 fully saturated rings. The maximum atomic E-state index is 7.71. The number of aromatic nitrogens is 2. The summed E-state index contributed by atoms with van der Waals surface area (Å²) in [6.07, 6.45) is 17.1. The van der Waals surface area contributed by atoms with Crippen molar-refractivity contribution in [3.8, 4) is 0 Å². The number of halogens is 1. The first-order valence-corrected chi connectivity index (χ1v) is 10.9. The maximum absolute atomic E-state index is 7.71. The van der Waals surface area contributed by atoms with Crippen LogP contribution in [0.2, 0.25) is 0 Å². The minimum absolute atomic E-state index is 0. The van der Waals surface area contributed by atoms with Gasteiger partial charge in [-0.1, -0.05) is 51.4 Å². The van der Waals surface area contributed by atoms with Crippen LogP contribution in [-0.2, 0) is 13.1 Å². The molecule has 2 heterocycles. The first-order chi connectivity index (χ1) is 11.8. The third kappa shape index (κ3) is 9.01. The molecular weight excluding hydrogens is 416 g/mol. The monoisotopic (exact) mass is 446 g/mol. The molecule has 2 aromatic rings. The molecule has 0 spiro atoms. The molecule has 2 aromatic heterocycles. The van der Waals surface area contributed by atoms with Crippen molar-refractivity contribution >= 4 is 39.7 Å². The molecule has 0 unspecified atom stereocenters. The average molecular weight is 448 g/mol. The Balaban J connectivity index is 0.00000312. The lowest BCUT2D eigenvalue weighted by atomic mass is 10.1. The smallest absolute Gasteiger partial charge is 0.181 e. The van der Waals surface area contributed by atoms with Crippen LogP contribution < -0.4 is 9.60 Å². The highest BCUT2D eigenvalue weighted by Crippen LogP contribution is 2.11. The van der Waals surface area contributed by atoms with Crippen molar-refractivity contribution in [2.24, 2.45) is 0 Å². The maximum Gasteiger partial charge on any atom is 0.181 e. The zero-order valence-corrected chi connectivity index (χ0v) is 18.3. The second-order valence-electron chi connectivity index (χ2n) is 6.34. The van der Waals surface area contributed by atoms with Gasteiger partial charge in [0.05, 0.1) is 0 Å². The molecular formula is C18H31BrN4S2.